The molecule has 9 heteroatoms. The molecular formula is C18H17FN6OS. The molecule has 1 aromatic carbocycles. The Morgan fingerprint density at radius 3 is 2.52 bits per heavy atom. The van der Waals surface area contributed by atoms with Gasteiger partial charge in [-0.25, -0.2) is 14.4 Å². The molecule has 4 rings (SSSR count). The smallest absolute Gasteiger partial charge is 0.267 e. The van der Waals surface area contributed by atoms with Crippen molar-refractivity contribution in [3.05, 3.63) is 53.0 Å². The zero-order chi connectivity index (χ0) is 18.8. The molecule has 0 N–H and O–H groups in total. The van der Waals surface area contributed by atoms with Crippen LogP contribution < -0.4 is 4.90 Å². The van der Waals surface area contributed by atoms with Crippen LogP contribution in [0.3, 0.4) is 0 Å². The third-order valence-electron chi connectivity index (χ3n) is 4.53. The molecule has 0 unspecified atom stereocenters. The van der Waals surface area contributed by atoms with E-state index in [1.54, 1.807) is 19.1 Å². The van der Waals surface area contributed by atoms with E-state index < -0.39 is 0 Å². The van der Waals surface area contributed by atoms with Crippen LogP contribution in [0.5, 0.6) is 0 Å². The molecule has 138 valence electrons. The number of aryl methyl sites for hydroxylation is 1. The van der Waals surface area contributed by atoms with Gasteiger partial charge in [0.05, 0.1) is 11.4 Å². The Morgan fingerprint density at radius 1 is 1.11 bits per heavy atom. The normalized spacial score (nSPS) is 14.4. The van der Waals surface area contributed by atoms with Gasteiger partial charge >= 0.3 is 0 Å². The first kappa shape index (κ1) is 17.5. The number of carbonyl (C=O) groups is 1. The molecule has 1 aliphatic rings. The van der Waals surface area contributed by atoms with Gasteiger partial charge in [0.15, 0.2) is 0 Å². The Morgan fingerprint density at radius 2 is 1.85 bits per heavy atom. The zero-order valence-corrected chi connectivity index (χ0v) is 15.5. The van der Waals surface area contributed by atoms with Gasteiger partial charge in [-0.15, -0.1) is 5.10 Å². The fourth-order valence-corrected chi connectivity index (χ4v) is 3.63. The summed E-state index contributed by atoms with van der Waals surface area (Å²) in [6, 6.07) is 8.12. The fourth-order valence-electron chi connectivity index (χ4n) is 3.01. The van der Waals surface area contributed by atoms with Crippen molar-refractivity contribution in [1.29, 1.82) is 0 Å². The molecule has 0 atom stereocenters. The molecule has 0 radical (unpaired) electrons. The summed E-state index contributed by atoms with van der Waals surface area (Å²) >= 11 is 1.14. The van der Waals surface area contributed by atoms with Crippen molar-refractivity contribution in [1.82, 2.24) is 24.5 Å². The van der Waals surface area contributed by atoms with Gasteiger partial charge in [-0.2, -0.15) is 0 Å². The number of aromatic nitrogens is 4. The zero-order valence-electron chi connectivity index (χ0n) is 14.7. The maximum Gasteiger partial charge on any atom is 0.267 e. The Labute approximate surface area is 159 Å². The summed E-state index contributed by atoms with van der Waals surface area (Å²) in [5, 5.41) is 3.91. The number of hydrogen-bond acceptors (Lipinski definition) is 7. The lowest BCUT2D eigenvalue weighted by Crippen LogP contribution is -2.49. The first-order valence-corrected chi connectivity index (χ1v) is 9.30. The summed E-state index contributed by atoms with van der Waals surface area (Å²) in [5.41, 5.74) is 2.25. The molecule has 1 amide bonds. The fraction of sp³-hybridized carbons (Fsp3) is 0.278. The number of carbonyl (C=O) groups excluding carboxylic acids is 1. The number of halogens is 1. The van der Waals surface area contributed by atoms with Gasteiger partial charge in [0.1, 0.15) is 22.8 Å². The molecule has 2 aromatic heterocycles. The summed E-state index contributed by atoms with van der Waals surface area (Å²) in [6.07, 6.45) is 1.51. The molecule has 3 aromatic rings. The highest BCUT2D eigenvalue weighted by atomic mass is 32.1. The summed E-state index contributed by atoms with van der Waals surface area (Å²) in [7, 11) is 0. The second kappa shape index (κ2) is 7.36. The lowest BCUT2D eigenvalue weighted by atomic mass is 10.1. The van der Waals surface area contributed by atoms with Gasteiger partial charge in [-0.05, 0) is 42.7 Å². The quantitative estimate of drug-likeness (QED) is 0.690. The average molecular weight is 384 g/mol. The molecular weight excluding hydrogens is 367 g/mol. The van der Waals surface area contributed by atoms with Gasteiger partial charge in [0, 0.05) is 37.8 Å². The van der Waals surface area contributed by atoms with Gasteiger partial charge in [-0.1, -0.05) is 4.49 Å². The van der Waals surface area contributed by atoms with Crippen LogP contribution in [0.15, 0.2) is 36.7 Å². The van der Waals surface area contributed by atoms with E-state index in [2.05, 4.69) is 24.5 Å². The Kier molecular flexibility index (Phi) is 4.76. The van der Waals surface area contributed by atoms with Crippen LogP contribution >= 0.6 is 11.5 Å². The second-order valence-electron chi connectivity index (χ2n) is 6.24. The Bertz CT molecular complexity index is 952. The van der Waals surface area contributed by atoms with E-state index in [-0.39, 0.29) is 11.7 Å². The van der Waals surface area contributed by atoms with Crippen LogP contribution in [-0.4, -0.2) is 56.5 Å². The largest absolute Gasteiger partial charge is 0.353 e. The van der Waals surface area contributed by atoms with Crippen molar-refractivity contribution in [2.45, 2.75) is 6.92 Å². The van der Waals surface area contributed by atoms with Crippen LogP contribution in [-0.2, 0) is 0 Å². The van der Waals surface area contributed by atoms with E-state index in [4.69, 9.17) is 0 Å². The monoisotopic (exact) mass is 384 g/mol. The molecule has 0 spiro atoms. The highest BCUT2D eigenvalue weighted by Crippen LogP contribution is 2.22. The number of anilines is 1. The van der Waals surface area contributed by atoms with Crippen molar-refractivity contribution < 1.29 is 9.18 Å². The van der Waals surface area contributed by atoms with Crippen LogP contribution in [0.25, 0.3) is 11.3 Å². The molecule has 0 aliphatic carbocycles. The molecule has 27 heavy (non-hydrogen) atoms. The highest BCUT2D eigenvalue weighted by molar-refractivity contribution is 7.07. The van der Waals surface area contributed by atoms with Crippen molar-refractivity contribution in [3.8, 4) is 11.3 Å². The SMILES string of the molecule is Cc1nnsc1C(=O)N1CCN(c2cc(-c3ccc(F)cc3)ncn2)CC1. The van der Waals surface area contributed by atoms with Gasteiger partial charge in [-0.3, -0.25) is 4.79 Å². The van der Waals surface area contributed by atoms with Crippen LogP contribution in [0.4, 0.5) is 10.2 Å². The summed E-state index contributed by atoms with van der Waals surface area (Å²) in [6.45, 7) is 4.36. The minimum atomic E-state index is -0.278. The maximum absolute atomic E-state index is 13.1. The van der Waals surface area contributed by atoms with Gasteiger partial charge in [0.25, 0.3) is 5.91 Å². The number of rotatable bonds is 3. The van der Waals surface area contributed by atoms with E-state index in [0.717, 1.165) is 28.6 Å². The summed E-state index contributed by atoms with van der Waals surface area (Å²) in [4.78, 5) is 25.8. The summed E-state index contributed by atoms with van der Waals surface area (Å²) in [5.74, 6) is 0.504. The van der Waals surface area contributed by atoms with E-state index in [1.807, 2.05) is 11.0 Å². The molecule has 1 fully saturated rings. The lowest BCUT2D eigenvalue weighted by Gasteiger charge is -2.35. The van der Waals surface area contributed by atoms with E-state index in [1.165, 1.54) is 18.5 Å². The van der Waals surface area contributed by atoms with Crippen LogP contribution in [0.1, 0.15) is 15.4 Å². The van der Waals surface area contributed by atoms with Gasteiger partial charge < -0.3 is 9.80 Å². The standard InChI is InChI=1S/C18H17FN6OS/c1-12-17(27-23-22-12)18(26)25-8-6-24(7-9-25)16-10-15(20-11-21-16)13-2-4-14(19)5-3-13/h2-5,10-11H,6-9H2,1H3. The summed E-state index contributed by atoms with van der Waals surface area (Å²) < 4.78 is 17.0. The Balaban J connectivity index is 1.45. The van der Waals surface area contributed by atoms with Crippen molar-refractivity contribution >= 4 is 23.3 Å². The minimum absolute atomic E-state index is 0.0168. The topological polar surface area (TPSA) is 75.1 Å². The minimum Gasteiger partial charge on any atom is -0.353 e. The third-order valence-corrected chi connectivity index (χ3v) is 5.35. The predicted octanol–water partition coefficient (Wildman–Crippen LogP) is 2.41. The molecule has 1 saturated heterocycles. The van der Waals surface area contributed by atoms with E-state index in [0.29, 0.717) is 36.8 Å². The van der Waals surface area contributed by atoms with Crippen molar-refractivity contribution in [3.63, 3.8) is 0 Å². The molecule has 0 bridgehead atoms. The first-order valence-electron chi connectivity index (χ1n) is 8.53. The number of hydrogen-bond donors (Lipinski definition) is 0. The van der Waals surface area contributed by atoms with Crippen molar-refractivity contribution in [2.24, 2.45) is 0 Å². The number of nitrogens with zero attached hydrogens (tertiary/aromatic N) is 6. The third kappa shape index (κ3) is 3.63. The molecule has 0 saturated carbocycles. The van der Waals surface area contributed by atoms with Crippen molar-refractivity contribution in [2.75, 3.05) is 31.1 Å². The molecule has 3 heterocycles. The van der Waals surface area contributed by atoms with E-state index in [9.17, 15) is 9.18 Å². The Hall–Kier alpha value is -2.94. The first-order chi connectivity index (χ1) is 13.1. The maximum atomic E-state index is 13.1. The van der Waals surface area contributed by atoms with Crippen LogP contribution in [0, 0.1) is 12.7 Å². The van der Waals surface area contributed by atoms with Crippen LogP contribution in [0.2, 0.25) is 0 Å². The number of amides is 1. The molecule has 7 nitrogen and oxygen atoms in total. The number of benzene rings is 1. The average Bonchev–Trinajstić information content (AvgIpc) is 3.14. The number of piperazine rings is 1. The van der Waals surface area contributed by atoms with Gasteiger partial charge in [0.2, 0.25) is 0 Å². The predicted molar refractivity (Wildman–Crippen MR) is 100 cm³/mol. The molecule has 1 aliphatic heterocycles. The van der Waals surface area contributed by atoms with E-state index >= 15 is 0 Å². The lowest BCUT2D eigenvalue weighted by molar-refractivity contribution is 0.0750. The second-order valence-corrected chi connectivity index (χ2v) is 6.99. The highest BCUT2D eigenvalue weighted by Gasteiger charge is 2.25.